The normalized spacial score (nSPS) is 29.3. The standard InChI is InChI=1S/C12H11NO4S/c14-10(15)5-9-12(17)8-4-2-1-3-7(8)11(16)13(12)6-18-9/h1-4,9,17H,5-6H2,(H,14,15)/t9-,12+/m0/s1. The molecule has 2 heterocycles. The molecule has 1 fully saturated rings. The van der Waals surface area contributed by atoms with Gasteiger partial charge in [-0.3, -0.25) is 14.5 Å². The molecule has 0 unspecified atom stereocenters. The highest BCUT2D eigenvalue weighted by Gasteiger charge is 2.57. The van der Waals surface area contributed by atoms with Gasteiger partial charge in [-0.1, -0.05) is 18.2 Å². The molecule has 2 aliphatic heterocycles. The fraction of sp³-hybridized carbons (Fsp3) is 0.333. The number of thioether (sulfide) groups is 1. The summed E-state index contributed by atoms with van der Waals surface area (Å²) in [5.41, 5.74) is -0.488. The molecular weight excluding hydrogens is 254 g/mol. The zero-order valence-electron chi connectivity index (χ0n) is 9.37. The average molecular weight is 265 g/mol. The summed E-state index contributed by atoms with van der Waals surface area (Å²) in [6.07, 6.45) is -0.167. The molecule has 2 atom stereocenters. The van der Waals surface area contributed by atoms with Crippen molar-refractivity contribution in [2.75, 3.05) is 5.88 Å². The van der Waals surface area contributed by atoms with Crippen LogP contribution in [0.25, 0.3) is 0 Å². The van der Waals surface area contributed by atoms with E-state index >= 15 is 0 Å². The molecule has 6 heteroatoms. The lowest BCUT2D eigenvalue weighted by atomic mass is 9.96. The van der Waals surface area contributed by atoms with E-state index < -0.39 is 16.9 Å². The van der Waals surface area contributed by atoms with Crippen LogP contribution in [0.2, 0.25) is 0 Å². The van der Waals surface area contributed by atoms with Gasteiger partial charge in [0, 0.05) is 11.1 Å². The second kappa shape index (κ2) is 3.73. The van der Waals surface area contributed by atoms with Gasteiger partial charge >= 0.3 is 5.97 Å². The maximum Gasteiger partial charge on any atom is 0.304 e. The predicted octanol–water partition coefficient (Wildman–Crippen LogP) is 0.835. The Morgan fingerprint density at radius 3 is 2.94 bits per heavy atom. The van der Waals surface area contributed by atoms with E-state index in [1.807, 2.05) is 0 Å². The molecule has 2 aliphatic rings. The summed E-state index contributed by atoms with van der Waals surface area (Å²) in [6.45, 7) is 0. The van der Waals surface area contributed by atoms with Crippen LogP contribution in [0.3, 0.4) is 0 Å². The number of hydrogen-bond donors (Lipinski definition) is 2. The highest BCUT2D eigenvalue weighted by atomic mass is 32.2. The van der Waals surface area contributed by atoms with Crippen molar-refractivity contribution in [3.63, 3.8) is 0 Å². The number of fused-ring (bicyclic) bond motifs is 3. The molecule has 1 saturated heterocycles. The minimum Gasteiger partial charge on any atom is -0.481 e. The third kappa shape index (κ3) is 1.33. The molecule has 3 rings (SSSR count). The predicted molar refractivity (Wildman–Crippen MR) is 65.0 cm³/mol. The van der Waals surface area contributed by atoms with Gasteiger partial charge in [0.1, 0.15) is 0 Å². The lowest BCUT2D eigenvalue weighted by molar-refractivity contribution is -0.140. The maximum atomic E-state index is 12.1. The van der Waals surface area contributed by atoms with Gasteiger partial charge in [-0.2, -0.15) is 0 Å². The van der Waals surface area contributed by atoms with Crippen LogP contribution < -0.4 is 0 Å². The Labute approximate surface area is 107 Å². The number of benzene rings is 1. The number of amides is 1. The first kappa shape index (κ1) is 11.6. The molecule has 0 radical (unpaired) electrons. The van der Waals surface area contributed by atoms with Crippen molar-refractivity contribution in [3.05, 3.63) is 35.4 Å². The lowest BCUT2D eigenvalue weighted by Crippen LogP contribution is -2.45. The quantitative estimate of drug-likeness (QED) is 0.828. The van der Waals surface area contributed by atoms with E-state index in [0.29, 0.717) is 17.0 Å². The number of carbonyl (C=O) groups is 2. The second-order valence-corrected chi connectivity index (χ2v) is 5.55. The number of aliphatic carboxylic acids is 1. The first-order chi connectivity index (χ1) is 8.55. The van der Waals surface area contributed by atoms with Crippen molar-refractivity contribution >= 4 is 23.6 Å². The molecule has 0 spiro atoms. The number of nitrogens with zero attached hydrogens (tertiary/aromatic N) is 1. The fourth-order valence-electron chi connectivity index (χ4n) is 2.58. The van der Waals surface area contributed by atoms with Crippen LogP contribution in [-0.4, -0.2) is 38.1 Å². The molecule has 5 nitrogen and oxygen atoms in total. The summed E-state index contributed by atoms with van der Waals surface area (Å²) < 4.78 is 0. The van der Waals surface area contributed by atoms with Crippen molar-refractivity contribution < 1.29 is 19.8 Å². The summed E-state index contributed by atoms with van der Waals surface area (Å²) in [5.74, 6) is -0.879. The van der Waals surface area contributed by atoms with Gasteiger partial charge < -0.3 is 10.2 Å². The Hall–Kier alpha value is -1.53. The molecule has 0 aromatic heterocycles. The van der Waals surface area contributed by atoms with Gasteiger partial charge in [-0.15, -0.1) is 11.8 Å². The minimum atomic E-state index is -1.48. The molecule has 94 valence electrons. The zero-order chi connectivity index (χ0) is 12.9. The summed E-state index contributed by atoms with van der Waals surface area (Å²) >= 11 is 1.30. The minimum absolute atomic E-state index is 0.167. The topological polar surface area (TPSA) is 77.8 Å². The van der Waals surface area contributed by atoms with Crippen LogP contribution in [0.4, 0.5) is 0 Å². The number of carboxylic acid groups (broad SMARTS) is 1. The van der Waals surface area contributed by atoms with E-state index in [4.69, 9.17) is 5.11 Å². The van der Waals surface area contributed by atoms with E-state index in [9.17, 15) is 14.7 Å². The molecule has 1 aromatic rings. The van der Waals surface area contributed by atoms with E-state index in [0.717, 1.165) is 0 Å². The molecule has 0 saturated carbocycles. The third-order valence-electron chi connectivity index (χ3n) is 3.42. The Morgan fingerprint density at radius 2 is 2.22 bits per heavy atom. The van der Waals surface area contributed by atoms with Crippen LogP contribution in [0.5, 0.6) is 0 Å². The summed E-state index contributed by atoms with van der Waals surface area (Å²) in [5, 5.41) is 19.2. The second-order valence-electron chi connectivity index (χ2n) is 4.39. The van der Waals surface area contributed by atoms with Crippen LogP contribution >= 0.6 is 11.8 Å². The highest BCUT2D eigenvalue weighted by Crippen LogP contribution is 2.50. The van der Waals surface area contributed by atoms with Crippen molar-refractivity contribution in [3.8, 4) is 0 Å². The van der Waals surface area contributed by atoms with Gasteiger partial charge in [0.05, 0.1) is 17.5 Å². The van der Waals surface area contributed by atoms with Crippen molar-refractivity contribution in [1.29, 1.82) is 0 Å². The SMILES string of the molecule is O=C(O)C[C@@H]1SCN2C(=O)c3ccccc3[C@@]12O. The molecule has 1 amide bonds. The monoisotopic (exact) mass is 265 g/mol. The Morgan fingerprint density at radius 1 is 1.50 bits per heavy atom. The third-order valence-corrected chi connectivity index (χ3v) is 4.73. The Bertz CT molecular complexity index is 547. The van der Waals surface area contributed by atoms with Crippen molar-refractivity contribution in [1.82, 2.24) is 4.90 Å². The molecule has 0 bridgehead atoms. The fourth-order valence-corrected chi connectivity index (χ4v) is 3.97. The maximum absolute atomic E-state index is 12.1. The number of carboxylic acids is 1. The van der Waals surface area contributed by atoms with Crippen molar-refractivity contribution in [2.24, 2.45) is 0 Å². The van der Waals surface area contributed by atoms with Crippen LogP contribution in [0.1, 0.15) is 22.3 Å². The lowest BCUT2D eigenvalue weighted by Gasteiger charge is -2.30. The molecular formula is C12H11NO4S. The first-order valence-electron chi connectivity index (χ1n) is 5.52. The highest BCUT2D eigenvalue weighted by molar-refractivity contribution is 8.00. The summed E-state index contributed by atoms with van der Waals surface area (Å²) in [4.78, 5) is 24.3. The van der Waals surface area contributed by atoms with Gasteiger partial charge in [0.2, 0.25) is 0 Å². The molecule has 2 N–H and O–H groups in total. The van der Waals surface area contributed by atoms with Crippen molar-refractivity contribution in [2.45, 2.75) is 17.4 Å². The van der Waals surface area contributed by atoms with Gasteiger partial charge in [0.15, 0.2) is 5.72 Å². The van der Waals surface area contributed by atoms with Crippen LogP contribution in [-0.2, 0) is 10.5 Å². The average Bonchev–Trinajstić information content (AvgIpc) is 2.76. The Balaban J connectivity index is 2.10. The van der Waals surface area contributed by atoms with Gasteiger partial charge in [-0.05, 0) is 6.07 Å². The van der Waals surface area contributed by atoms with Crippen LogP contribution in [0.15, 0.2) is 24.3 Å². The first-order valence-corrected chi connectivity index (χ1v) is 6.57. The van der Waals surface area contributed by atoms with E-state index in [2.05, 4.69) is 0 Å². The Kier molecular flexibility index (Phi) is 2.39. The summed E-state index contributed by atoms with van der Waals surface area (Å²) in [7, 11) is 0. The van der Waals surface area contributed by atoms with Crippen LogP contribution in [0, 0.1) is 0 Å². The number of carbonyl (C=O) groups excluding carboxylic acids is 1. The summed E-state index contributed by atoms with van der Waals surface area (Å²) in [6, 6.07) is 6.83. The smallest absolute Gasteiger partial charge is 0.304 e. The number of hydrogen-bond acceptors (Lipinski definition) is 4. The molecule has 18 heavy (non-hydrogen) atoms. The molecule has 0 aliphatic carbocycles. The molecule has 1 aromatic carbocycles. The van der Waals surface area contributed by atoms with E-state index in [-0.39, 0.29) is 12.3 Å². The van der Waals surface area contributed by atoms with E-state index in [1.54, 1.807) is 24.3 Å². The number of rotatable bonds is 2. The number of aliphatic hydroxyl groups is 1. The largest absolute Gasteiger partial charge is 0.481 e. The van der Waals surface area contributed by atoms with Gasteiger partial charge in [0.25, 0.3) is 5.91 Å². The van der Waals surface area contributed by atoms with E-state index in [1.165, 1.54) is 16.7 Å². The van der Waals surface area contributed by atoms with Gasteiger partial charge in [-0.25, -0.2) is 0 Å². The zero-order valence-corrected chi connectivity index (χ0v) is 10.2.